The first-order valence-corrected chi connectivity index (χ1v) is 5.63. The first-order chi connectivity index (χ1) is 8.08. The van der Waals surface area contributed by atoms with E-state index in [1.807, 2.05) is 0 Å². The molecule has 1 fully saturated rings. The molecule has 2 N–H and O–H groups in total. The molecule has 92 valence electrons. The molecule has 1 atom stereocenters. The smallest absolute Gasteiger partial charge is 0.338 e. The van der Waals surface area contributed by atoms with Gasteiger partial charge in [-0.05, 0) is 25.7 Å². The first kappa shape index (κ1) is 11.6. The molecular weight excluding hydrogens is 222 g/mol. The maximum absolute atomic E-state index is 11.7. The molecule has 0 bridgehead atoms. The predicted octanol–water partition coefficient (Wildman–Crippen LogP) is 0.668. The Bertz CT molecular complexity index is 437. The van der Waals surface area contributed by atoms with Gasteiger partial charge in [0.2, 0.25) is 5.91 Å². The lowest BCUT2D eigenvalue weighted by molar-refractivity contribution is -0.124. The number of amides is 1. The molecule has 1 aliphatic carbocycles. The third-order valence-electron chi connectivity index (χ3n) is 2.89. The summed E-state index contributed by atoms with van der Waals surface area (Å²) in [6.45, 7) is 2.40. The van der Waals surface area contributed by atoms with E-state index in [0.29, 0.717) is 12.5 Å². The van der Waals surface area contributed by atoms with Gasteiger partial charge in [0.05, 0.1) is 11.8 Å². The number of nitrogens with one attached hydrogen (secondary N) is 1. The molecule has 6 nitrogen and oxygen atoms in total. The van der Waals surface area contributed by atoms with E-state index in [1.54, 1.807) is 6.92 Å². The average Bonchev–Trinajstić information content (AvgIpc) is 2.99. The Morgan fingerprint density at radius 1 is 1.65 bits per heavy atom. The van der Waals surface area contributed by atoms with Gasteiger partial charge >= 0.3 is 5.97 Å². The monoisotopic (exact) mass is 237 g/mol. The number of carboxylic acids is 1. The Labute approximate surface area is 98.6 Å². The SMILES string of the molecule is CC(C(=O)NCC1CC1)n1cc(C(=O)O)cn1. The molecule has 1 aromatic rings. The molecule has 1 amide bonds. The Morgan fingerprint density at radius 3 is 2.88 bits per heavy atom. The molecule has 1 aliphatic rings. The Balaban J connectivity index is 1.94. The van der Waals surface area contributed by atoms with E-state index in [0.717, 1.165) is 0 Å². The summed E-state index contributed by atoms with van der Waals surface area (Å²) in [5.74, 6) is -0.544. The van der Waals surface area contributed by atoms with Crippen molar-refractivity contribution in [2.24, 2.45) is 5.92 Å². The van der Waals surface area contributed by atoms with Gasteiger partial charge in [0.15, 0.2) is 0 Å². The molecule has 0 aliphatic heterocycles. The lowest BCUT2D eigenvalue weighted by Gasteiger charge is -2.12. The normalized spacial score (nSPS) is 16.5. The molecule has 0 radical (unpaired) electrons. The van der Waals surface area contributed by atoms with Crippen molar-refractivity contribution in [3.63, 3.8) is 0 Å². The molecule has 2 rings (SSSR count). The van der Waals surface area contributed by atoms with Crippen LogP contribution in [0.15, 0.2) is 12.4 Å². The van der Waals surface area contributed by atoms with Crippen LogP contribution in [0.4, 0.5) is 0 Å². The van der Waals surface area contributed by atoms with E-state index in [-0.39, 0.29) is 11.5 Å². The number of rotatable bonds is 5. The topological polar surface area (TPSA) is 84.2 Å². The third kappa shape index (κ3) is 2.83. The third-order valence-corrected chi connectivity index (χ3v) is 2.89. The molecule has 0 saturated heterocycles. The summed E-state index contributed by atoms with van der Waals surface area (Å²) in [7, 11) is 0. The van der Waals surface area contributed by atoms with Crippen molar-refractivity contribution in [3.05, 3.63) is 18.0 Å². The number of carbonyl (C=O) groups excluding carboxylic acids is 1. The lowest BCUT2D eigenvalue weighted by Crippen LogP contribution is -2.32. The molecule has 17 heavy (non-hydrogen) atoms. The van der Waals surface area contributed by atoms with Crippen LogP contribution in [0.25, 0.3) is 0 Å². The van der Waals surface area contributed by atoms with Crippen LogP contribution >= 0.6 is 0 Å². The first-order valence-electron chi connectivity index (χ1n) is 5.63. The fourth-order valence-electron chi connectivity index (χ4n) is 1.50. The summed E-state index contributed by atoms with van der Waals surface area (Å²) in [5.41, 5.74) is 0.0897. The molecule has 1 saturated carbocycles. The minimum atomic E-state index is -1.04. The Hall–Kier alpha value is -1.85. The van der Waals surface area contributed by atoms with Crippen molar-refractivity contribution in [1.82, 2.24) is 15.1 Å². The average molecular weight is 237 g/mol. The number of carboxylic acid groups (broad SMARTS) is 1. The van der Waals surface area contributed by atoms with Crippen molar-refractivity contribution >= 4 is 11.9 Å². The molecule has 1 aromatic heterocycles. The van der Waals surface area contributed by atoms with E-state index >= 15 is 0 Å². The molecule has 6 heteroatoms. The number of carbonyl (C=O) groups is 2. The summed E-state index contributed by atoms with van der Waals surface area (Å²) >= 11 is 0. The minimum Gasteiger partial charge on any atom is -0.478 e. The molecular formula is C11H15N3O3. The number of aromatic nitrogens is 2. The van der Waals surface area contributed by atoms with Crippen LogP contribution in [-0.2, 0) is 4.79 Å². The second-order valence-corrected chi connectivity index (χ2v) is 4.38. The van der Waals surface area contributed by atoms with Crippen LogP contribution in [0.1, 0.15) is 36.2 Å². The van der Waals surface area contributed by atoms with Gasteiger partial charge in [-0.15, -0.1) is 0 Å². The standard InChI is InChI=1S/C11H15N3O3/c1-7(10(15)12-4-8-2-3-8)14-6-9(5-13-14)11(16)17/h5-8H,2-4H2,1H3,(H,12,15)(H,16,17). The van der Waals surface area contributed by atoms with Crippen molar-refractivity contribution in [1.29, 1.82) is 0 Å². The minimum absolute atomic E-state index is 0.0897. The zero-order chi connectivity index (χ0) is 12.4. The van der Waals surface area contributed by atoms with Gasteiger partial charge in [0.1, 0.15) is 6.04 Å². The number of aromatic carboxylic acids is 1. The fourth-order valence-corrected chi connectivity index (χ4v) is 1.50. The van der Waals surface area contributed by atoms with Gasteiger partial charge < -0.3 is 10.4 Å². The second-order valence-electron chi connectivity index (χ2n) is 4.38. The number of hydrogen-bond donors (Lipinski definition) is 2. The van der Waals surface area contributed by atoms with Crippen LogP contribution in [0, 0.1) is 5.92 Å². The summed E-state index contributed by atoms with van der Waals surface area (Å²) in [6.07, 6.45) is 4.97. The zero-order valence-electron chi connectivity index (χ0n) is 9.59. The highest BCUT2D eigenvalue weighted by atomic mass is 16.4. The van der Waals surface area contributed by atoms with Crippen LogP contribution in [0.2, 0.25) is 0 Å². The predicted molar refractivity (Wildman–Crippen MR) is 59.6 cm³/mol. The van der Waals surface area contributed by atoms with E-state index in [9.17, 15) is 9.59 Å². The van der Waals surface area contributed by atoms with E-state index in [1.165, 1.54) is 29.9 Å². The largest absolute Gasteiger partial charge is 0.478 e. The maximum Gasteiger partial charge on any atom is 0.338 e. The van der Waals surface area contributed by atoms with Crippen molar-refractivity contribution in [3.8, 4) is 0 Å². The van der Waals surface area contributed by atoms with Crippen LogP contribution < -0.4 is 5.32 Å². The van der Waals surface area contributed by atoms with Gasteiger partial charge in [-0.1, -0.05) is 0 Å². The highest BCUT2D eigenvalue weighted by Crippen LogP contribution is 2.27. The van der Waals surface area contributed by atoms with Crippen LogP contribution in [0.3, 0.4) is 0 Å². The van der Waals surface area contributed by atoms with E-state index in [4.69, 9.17) is 5.11 Å². The van der Waals surface area contributed by atoms with Crippen LogP contribution in [0.5, 0.6) is 0 Å². The van der Waals surface area contributed by atoms with Crippen molar-refractivity contribution in [2.75, 3.05) is 6.54 Å². The van der Waals surface area contributed by atoms with Crippen LogP contribution in [-0.4, -0.2) is 33.3 Å². The Kier molecular flexibility index (Phi) is 3.12. The van der Waals surface area contributed by atoms with Gasteiger partial charge in [-0.3, -0.25) is 9.48 Å². The van der Waals surface area contributed by atoms with Gasteiger partial charge in [0.25, 0.3) is 0 Å². The summed E-state index contributed by atoms with van der Waals surface area (Å²) in [4.78, 5) is 22.4. The van der Waals surface area contributed by atoms with E-state index < -0.39 is 12.0 Å². The molecule has 1 heterocycles. The molecule has 0 aromatic carbocycles. The van der Waals surface area contributed by atoms with Gasteiger partial charge in [-0.2, -0.15) is 5.10 Å². The number of nitrogens with zero attached hydrogens (tertiary/aromatic N) is 2. The summed E-state index contributed by atoms with van der Waals surface area (Å²) < 4.78 is 1.37. The Morgan fingerprint density at radius 2 is 2.35 bits per heavy atom. The number of hydrogen-bond acceptors (Lipinski definition) is 3. The quantitative estimate of drug-likeness (QED) is 0.788. The summed E-state index contributed by atoms with van der Waals surface area (Å²) in [6, 6.07) is -0.484. The highest BCUT2D eigenvalue weighted by Gasteiger charge is 2.23. The molecule has 0 spiro atoms. The highest BCUT2D eigenvalue weighted by molar-refractivity contribution is 5.87. The maximum atomic E-state index is 11.7. The summed E-state index contributed by atoms with van der Waals surface area (Å²) in [5, 5.41) is 15.5. The molecule has 1 unspecified atom stereocenters. The van der Waals surface area contributed by atoms with Crippen molar-refractivity contribution < 1.29 is 14.7 Å². The zero-order valence-corrected chi connectivity index (χ0v) is 9.59. The van der Waals surface area contributed by atoms with E-state index in [2.05, 4.69) is 10.4 Å². The lowest BCUT2D eigenvalue weighted by atomic mass is 10.3. The van der Waals surface area contributed by atoms with Gasteiger partial charge in [-0.25, -0.2) is 4.79 Å². The second kappa shape index (κ2) is 4.57. The van der Waals surface area contributed by atoms with Crippen molar-refractivity contribution in [2.45, 2.75) is 25.8 Å². The fraction of sp³-hybridized carbons (Fsp3) is 0.545. The van der Waals surface area contributed by atoms with Gasteiger partial charge in [0, 0.05) is 12.7 Å².